The molecular weight excluding hydrogens is 238 g/mol. The van der Waals surface area contributed by atoms with Gasteiger partial charge in [-0.05, 0) is 20.3 Å². The lowest BCUT2D eigenvalue weighted by atomic mass is 10.2. The average Bonchev–Trinajstić information content (AvgIpc) is 2.32. The van der Waals surface area contributed by atoms with Crippen LogP contribution in [0, 0.1) is 0 Å². The molecule has 0 spiro atoms. The van der Waals surface area contributed by atoms with Crippen LogP contribution in [-0.4, -0.2) is 53.6 Å². The molecule has 0 aliphatic heterocycles. The molecular formula is C11H21N3O4. The summed E-state index contributed by atoms with van der Waals surface area (Å²) in [6.45, 7) is 5.34. The summed E-state index contributed by atoms with van der Waals surface area (Å²) in [4.78, 5) is 34.8. The molecule has 18 heavy (non-hydrogen) atoms. The van der Waals surface area contributed by atoms with Gasteiger partial charge < -0.3 is 20.6 Å². The van der Waals surface area contributed by atoms with Crippen molar-refractivity contribution >= 4 is 17.9 Å². The molecule has 3 amide bonds. The molecule has 1 unspecified atom stereocenters. The van der Waals surface area contributed by atoms with E-state index in [0.717, 1.165) is 0 Å². The van der Waals surface area contributed by atoms with Gasteiger partial charge in [-0.25, -0.2) is 4.79 Å². The van der Waals surface area contributed by atoms with E-state index in [1.54, 1.807) is 13.8 Å². The van der Waals surface area contributed by atoms with Crippen molar-refractivity contribution < 1.29 is 19.5 Å². The highest BCUT2D eigenvalue weighted by Crippen LogP contribution is 2.03. The SMILES string of the molecule is CCNC(=O)CNC(=O)N(CC(=O)O)C(C)CC. The van der Waals surface area contributed by atoms with Crippen molar-refractivity contribution in [3.05, 3.63) is 0 Å². The van der Waals surface area contributed by atoms with Crippen molar-refractivity contribution in [1.29, 1.82) is 0 Å². The fraction of sp³-hybridized carbons (Fsp3) is 0.727. The standard InChI is InChI=1S/C11H21N3O4/c1-4-8(3)14(7-10(16)17)11(18)13-6-9(15)12-5-2/h8H,4-7H2,1-3H3,(H,12,15)(H,13,18)(H,16,17). The van der Waals surface area contributed by atoms with E-state index < -0.39 is 12.0 Å². The number of hydrogen-bond donors (Lipinski definition) is 3. The first-order chi connectivity index (χ1) is 8.42. The second kappa shape index (κ2) is 8.32. The molecule has 0 fully saturated rings. The zero-order valence-electron chi connectivity index (χ0n) is 11.0. The van der Waals surface area contributed by atoms with E-state index in [1.807, 2.05) is 6.92 Å². The summed E-state index contributed by atoms with van der Waals surface area (Å²) in [5.41, 5.74) is 0. The van der Waals surface area contributed by atoms with E-state index >= 15 is 0 Å². The largest absolute Gasteiger partial charge is 0.480 e. The number of carbonyl (C=O) groups is 3. The molecule has 0 aromatic heterocycles. The molecule has 0 saturated carbocycles. The first kappa shape index (κ1) is 16.2. The summed E-state index contributed by atoms with van der Waals surface area (Å²) < 4.78 is 0. The molecule has 0 aromatic rings. The van der Waals surface area contributed by atoms with Crippen LogP contribution in [0.15, 0.2) is 0 Å². The minimum Gasteiger partial charge on any atom is -0.480 e. The monoisotopic (exact) mass is 259 g/mol. The quantitative estimate of drug-likeness (QED) is 0.600. The lowest BCUT2D eigenvalue weighted by Gasteiger charge is -2.26. The Kier molecular flexibility index (Phi) is 7.50. The van der Waals surface area contributed by atoms with Crippen LogP contribution in [0.5, 0.6) is 0 Å². The molecule has 0 heterocycles. The first-order valence-electron chi connectivity index (χ1n) is 5.95. The average molecular weight is 259 g/mol. The summed E-state index contributed by atoms with van der Waals surface area (Å²) >= 11 is 0. The third kappa shape index (κ3) is 6.07. The smallest absolute Gasteiger partial charge is 0.323 e. The zero-order valence-corrected chi connectivity index (χ0v) is 11.0. The van der Waals surface area contributed by atoms with E-state index in [0.29, 0.717) is 13.0 Å². The topological polar surface area (TPSA) is 98.7 Å². The van der Waals surface area contributed by atoms with Gasteiger partial charge in [-0.1, -0.05) is 6.92 Å². The lowest BCUT2D eigenvalue weighted by molar-refractivity contribution is -0.138. The lowest BCUT2D eigenvalue weighted by Crippen LogP contribution is -2.49. The van der Waals surface area contributed by atoms with Gasteiger partial charge in [-0.15, -0.1) is 0 Å². The molecule has 0 aromatic carbocycles. The number of hydrogen-bond acceptors (Lipinski definition) is 3. The molecule has 0 bridgehead atoms. The zero-order chi connectivity index (χ0) is 14.1. The predicted molar refractivity (Wildman–Crippen MR) is 66.2 cm³/mol. The number of amides is 3. The highest BCUT2D eigenvalue weighted by molar-refractivity contribution is 5.85. The number of rotatable bonds is 7. The van der Waals surface area contributed by atoms with Crippen LogP contribution in [-0.2, 0) is 9.59 Å². The molecule has 0 saturated heterocycles. The van der Waals surface area contributed by atoms with Gasteiger partial charge in [-0.3, -0.25) is 9.59 Å². The number of carbonyl (C=O) groups excluding carboxylic acids is 2. The minimum absolute atomic E-state index is 0.154. The number of nitrogens with one attached hydrogen (secondary N) is 2. The molecule has 0 rings (SSSR count). The number of urea groups is 1. The van der Waals surface area contributed by atoms with Gasteiger partial charge in [0.05, 0.1) is 6.54 Å². The molecule has 3 N–H and O–H groups in total. The van der Waals surface area contributed by atoms with Crippen LogP contribution >= 0.6 is 0 Å². The van der Waals surface area contributed by atoms with Crippen LogP contribution in [0.25, 0.3) is 0 Å². The van der Waals surface area contributed by atoms with E-state index in [-0.39, 0.29) is 25.0 Å². The summed E-state index contributed by atoms with van der Waals surface area (Å²) in [6.07, 6.45) is 0.641. The fourth-order valence-corrected chi connectivity index (χ4v) is 1.31. The van der Waals surface area contributed by atoms with E-state index in [4.69, 9.17) is 5.11 Å². The van der Waals surface area contributed by atoms with Crippen LogP contribution in [0.4, 0.5) is 4.79 Å². The normalized spacial score (nSPS) is 11.5. The maximum Gasteiger partial charge on any atom is 0.323 e. The van der Waals surface area contributed by atoms with Crippen molar-refractivity contribution in [2.75, 3.05) is 19.6 Å². The Morgan fingerprint density at radius 2 is 1.83 bits per heavy atom. The Balaban J connectivity index is 4.38. The summed E-state index contributed by atoms with van der Waals surface area (Å²) in [5, 5.41) is 13.7. The first-order valence-corrected chi connectivity index (χ1v) is 5.95. The van der Waals surface area contributed by atoms with Gasteiger partial charge >= 0.3 is 12.0 Å². The third-order valence-corrected chi connectivity index (χ3v) is 2.46. The van der Waals surface area contributed by atoms with E-state index in [2.05, 4.69) is 10.6 Å². The molecule has 0 radical (unpaired) electrons. The van der Waals surface area contributed by atoms with Crippen molar-refractivity contribution in [3.63, 3.8) is 0 Å². The van der Waals surface area contributed by atoms with Crippen LogP contribution in [0.3, 0.4) is 0 Å². The van der Waals surface area contributed by atoms with Gasteiger partial charge in [-0.2, -0.15) is 0 Å². The van der Waals surface area contributed by atoms with Gasteiger partial charge in [0.2, 0.25) is 5.91 Å². The Hall–Kier alpha value is -1.79. The van der Waals surface area contributed by atoms with Crippen LogP contribution in [0.1, 0.15) is 27.2 Å². The van der Waals surface area contributed by atoms with Gasteiger partial charge in [0, 0.05) is 12.6 Å². The second-order valence-electron chi connectivity index (χ2n) is 3.89. The molecule has 0 aliphatic rings. The highest BCUT2D eigenvalue weighted by Gasteiger charge is 2.21. The minimum atomic E-state index is -1.08. The Morgan fingerprint density at radius 1 is 1.22 bits per heavy atom. The van der Waals surface area contributed by atoms with Gasteiger partial charge in [0.1, 0.15) is 6.54 Å². The Morgan fingerprint density at radius 3 is 2.28 bits per heavy atom. The van der Waals surface area contributed by atoms with Crippen LogP contribution < -0.4 is 10.6 Å². The van der Waals surface area contributed by atoms with Gasteiger partial charge in [0.15, 0.2) is 0 Å². The molecule has 104 valence electrons. The van der Waals surface area contributed by atoms with Gasteiger partial charge in [0.25, 0.3) is 0 Å². The number of carboxylic acids is 1. The second-order valence-corrected chi connectivity index (χ2v) is 3.89. The van der Waals surface area contributed by atoms with E-state index in [1.165, 1.54) is 4.90 Å². The van der Waals surface area contributed by atoms with E-state index in [9.17, 15) is 14.4 Å². The molecule has 0 aliphatic carbocycles. The van der Waals surface area contributed by atoms with Crippen molar-refractivity contribution in [3.8, 4) is 0 Å². The highest BCUT2D eigenvalue weighted by atomic mass is 16.4. The number of likely N-dealkylation sites (N-methyl/N-ethyl adjacent to an activating group) is 1. The molecule has 1 atom stereocenters. The number of nitrogens with zero attached hydrogens (tertiary/aromatic N) is 1. The summed E-state index contributed by atoms with van der Waals surface area (Å²) in [5.74, 6) is -1.38. The Bertz CT molecular complexity index is 307. The molecule has 7 nitrogen and oxygen atoms in total. The maximum atomic E-state index is 11.8. The number of aliphatic carboxylic acids is 1. The van der Waals surface area contributed by atoms with Crippen molar-refractivity contribution in [1.82, 2.24) is 15.5 Å². The predicted octanol–water partition coefficient (Wildman–Crippen LogP) is 0.0172. The van der Waals surface area contributed by atoms with Crippen molar-refractivity contribution in [2.45, 2.75) is 33.2 Å². The summed E-state index contributed by atoms with van der Waals surface area (Å²) in [6, 6.07) is -0.742. The van der Waals surface area contributed by atoms with Crippen molar-refractivity contribution in [2.24, 2.45) is 0 Å². The summed E-state index contributed by atoms with van der Waals surface area (Å²) in [7, 11) is 0. The number of carboxylic acid groups (broad SMARTS) is 1. The third-order valence-electron chi connectivity index (χ3n) is 2.46. The maximum absolute atomic E-state index is 11.8. The van der Waals surface area contributed by atoms with Crippen LogP contribution in [0.2, 0.25) is 0 Å². The Labute approximate surface area is 107 Å². The fourth-order valence-electron chi connectivity index (χ4n) is 1.31. The molecule has 7 heteroatoms.